The quantitative estimate of drug-likeness (QED) is 0.833. The zero-order valence-electron chi connectivity index (χ0n) is 10.4. The molecule has 0 radical (unpaired) electrons. The topological polar surface area (TPSA) is 36.4 Å². The van der Waals surface area contributed by atoms with Crippen LogP contribution in [-0.4, -0.2) is 17.1 Å². The summed E-state index contributed by atoms with van der Waals surface area (Å²) in [7, 11) is 2.00. The molecule has 0 unspecified atom stereocenters. The number of rotatable bonds is 4. The van der Waals surface area contributed by atoms with Gasteiger partial charge in [-0.3, -0.25) is 0 Å². The predicted octanol–water partition coefficient (Wildman–Crippen LogP) is 3.25. The van der Waals surface area contributed by atoms with E-state index in [1.54, 1.807) is 6.20 Å². The van der Waals surface area contributed by atoms with E-state index >= 15 is 0 Å². The van der Waals surface area contributed by atoms with Crippen LogP contribution in [0.25, 0.3) is 5.76 Å². The molecule has 1 aromatic carbocycles. The minimum absolute atomic E-state index is 0.0969. The smallest absolute Gasteiger partial charge is 0.128 e. The van der Waals surface area contributed by atoms with Crippen LogP contribution in [0.4, 0.5) is 5.82 Å². The maximum atomic E-state index is 9.26. The first-order chi connectivity index (χ1) is 8.66. The summed E-state index contributed by atoms with van der Waals surface area (Å²) in [4.78, 5) is 6.36. The van der Waals surface area contributed by atoms with E-state index in [2.05, 4.69) is 16.5 Å². The Balaban J connectivity index is 2.08. The van der Waals surface area contributed by atoms with Gasteiger partial charge in [-0.25, -0.2) is 4.98 Å². The van der Waals surface area contributed by atoms with E-state index in [1.165, 1.54) is 0 Å². The molecule has 0 bridgehead atoms. The van der Waals surface area contributed by atoms with Gasteiger partial charge >= 0.3 is 0 Å². The van der Waals surface area contributed by atoms with E-state index in [4.69, 9.17) is 0 Å². The first-order valence-corrected chi connectivity index (χ1v) is 5.76. The fourth-order valence-electron chi connectivity index (χ4n) is 1.74. The summed E-state index contributed by atoms with van der Waals surface area (Å²) in [5.41, 5.74) is 1.91. The second-order valence-electron chi connectivity index (χ2n) is 4.19. The van der Waals surface area contributed by atoms with Gasteiger partial charge in [0.05, 0.1) is 0 Å². The lowest BCUT2D eigenvalue weighted by Gasteiger charge is -2.18. The first kappa shape index (κ1) is 12.2. The molecule has 0 aliphatic carbocycles. The number of aromatic nitrogens is 1. The van der Waals surface area contributed by atoms with E-state index in [9.17, 15) is 5.11 Å². The number of aliphatic hydroxyl groups excluding tert-OH is 1. The lowest BCUT2D eigenvalue weighted by atomic mass is 10.1. The number of anilines is 1. The Bertz CT molecular complexity index is 520. The molecule has 3 nitrogen and oxygen atoms in total. The highest BCUT2D eigenvalue weighted by Gasteiger charge is 2.03. The monoisotopic (exact) mass is 240 g/mol. The fraction of sp³-hybridized carbons (Fsp3) is 0.133. The third kappa shape index (κ3) is 2.88. The number of hydrogen-bond donors (Lipinski definition) is 1. The van der Waals surface area contributed by atoms with E-state index in [1.807, 2.05) is 49.5 Å². The normalized spacial score (nSPS) is 10.1. The Kier molecular flexibility index (Phi) is 3.63. The molecule has 0 spiro atoms. The van der Waals surface area contributed by atoms with Gasteiger partial charge in [0.25, 0.3) is 0 Å². The molecular formula is C15H16N2O. The molecule has 0 aliphatic heterocycles. The lowest BCUT2D eigenvalue weighted by molar-refractivity contribution is 0.514. The van der Waals surface area contributed by atoms with Crippen LogP contribution in [0.5, 0.6) is 0 Å². The number of pyridine rings is 1. The summed E-state index contributed by atoms with van der Waals surface area (Å²) in [6.45, 7) is 4.27. The van der Waals surface area contributed by atoms with E-state index in [0.717, 1.165) is 23.5 Å². The highest BCUT2D eigenvalue weighted by Crippen LogP contribution is 2.14. The summed E-state index contributed by atoms with van der Waals surface area (Å²) < 4.78 is 0. The maximum Gasteiger partial charge on any atom is 0.128 e. The van der Waals surface area contributed by atoms with Gasteiger partial charge in [-0.05, 0) is 17.7 Å². The lowest BCUT2D eigenvalue weighted by Crippen LogP contribution is -2.17. The SMILES string of the molecule is C=C(O)c1ccc(CN(C)c2ccccn2)cc1. The van der Waals surface area contributed by atoms with Crippen molar-refractivity contribution in [2.45, 2.75) is 6.54 Å². The van der Waals surface area contributed by atoms with E-state index in [0.29, 0.717) is 0 Å². The first-order valence-electron chi connectivity index (χ1n) is 5.76. The fourth-order valence-corrected chi connectivity index (χ4v) is 1.74. The minimum Gasteiger partial charge on any atom is -0.508 e. The van der Waals surface area contributed by atoms with E-state index in [-0.39, 0.29) is 5.76 Å². The van der Waals surface area contributed by atoms with Gasteiger partial charge in [0.1, 0.15) is 11.6 Å². The number of benzene rings is 1. The minimum atomic E-state index is 0.0969. The standard InChI is InChI=1S/C15H16N2O/c1-12(18)14-8-6-13(7-9-14)11-17(2)15-5-3-4-10-16-15/h3-10,18H,1,11H2,2H3. The Labute approximate surface area is 107 Å². The zero-order chi connectivity index (χ0) is 13.0. The third-order valence-electron chi connectivity index (χ3n) is 2.75. The summed E-state index contributed by atoms with van der Waals surface area (Å²) in [5, 5.41) is 9.26. The average molecular weight is 240 g/mol. The van der Waals surface area contributed by atoms with Crippen LogP contribution in [0, 0.1) is 0 Å². The van der Waals surface area contributed by atoms with Crippen LogP contribution in [0.1, 0.15) is 11.1 Å². The zero-order valence-corrected chi connectivity index (χ0v) is 10.4. The maximum absolute atomic E-state index is 9.26. The van der Waals surface area contributed by atoms with Crippen molar-refractivity contribution >= 4 is 11.6 Å². The molecule has 1 aromatic heterocycles. The molecule has 1 heterocycles. The molecule has 18 heavy (non-hydrogen) atoms. The summed E-state index contributed by atoms with van der Waals surface area (Å²) in [6.07, 6.45) is 1.78. The highest BCUT2D eigenvalue weighted by molar-refractivity contribution is 5.56. The van der Waals surface area contributed by atoms with Gasteiger partial charge in [-0.2, -0.15) is 0 Å². The van der Waals surface area contributed by atoms with E-state index < -0.39 is 0 Å². The van der Waals surface area contributed by atoms with Gasteiger partial charge in [0.2, 0.25) is 0 Å². The Morgan fingerprint density at radius 3 is 2.50 bits per heavy atom. The number of hydrogen-bond acceptors (Lipinski definition) is 3. The number of aliphatic hydroxyl groups is 1. The van der Waals surface area contributed by atoms with Gasteiger partial charge in [0.15, 0.2) is 0 Å². The van der Waals surface area contributed by atoms with Crippen LogP contribution in [0.15, 0.2) is 55.2 Å². The van der Waals surface area contributed by atoms with Crippen LogP contribution >= 0.6 is 0 Å². The van der Waals surface area contributed by atoms with Crippen molar-refractivity contribution in [2.24, 2.45) is 0 Å². The molecule has 0 fully saturated rings. The van der Waals surface area contributed by atoms with Crippen molar-refractivity contribution in [3.05, 3.63) is 66.4 Å². The molecule has 2 aromatic rings. The number of nitrogens with zero attached hydrogens (tertiary/aromatic N) is 2. The second-order valence-corrected chi connectivity index (χ2v) is 4.19. The third-order valence-corrected chi connectivity index (χ3v) is 2.75. The van der Waals surface area contributed by atoms with Gasteiger partial charge in [-0.1, -0.05) is 36.9 Å². The highest BCUT2D eigenvalue weighted by atomic mass is 16.3. The van der Waals surface area contributed by atoms with Gasteiger partial charge in [-0.15, -0.1) is 0 Å². The van der Waals surface area contributed by atoms with Crippen molar-refractivity contribution < 1.29 is 5.11 Å². The molecule has 0 aliphatic rings. The summed E-state index contributed by atoms with van der Waals surface area (Å²) >= 11 is 0. The summed E-state index contributed by atoms with van der Waals surface area (Å²) in [6, 6.07) is 13.5. The molecule has 92 valence electrons. The Hall–Kier alpha value is -2.29. The largest absolute Gasteiger partial charge is 0.508 e. The molecule has 3 heteroatoms. The van der Waals surface area contributed by atoms with Crippen LogP contribution in [0.3, 0.4) is 0 Å². The predicted molar refractivity (Wildman–Crippen MR) is 74.4 cm³/mol. The Morgan fingerprint density at radius 2 is 1.94 bits per heavy atom. The van der Waals surface area contributed by atoms with Crippen molar-refractivity contribution in [3.8, 4) is 0 Å². The van der Waals surface area contributed by atoms with Gasteiger partial charge in [0, 0.05) is 25.4 Å². The molecule has 2 rings (SSSR count). The Morgan fingerprint density at radius 1 is 1.22 bits per heavy atom. The van der Waals surface area contributed by atoms with Crippen molar-refractivity contribution in [3.63, 3.8) is 0 Å². The second kappa shape index (κ2) is 5.36. The van der Waals surface area contributed by atoms with Crippen molar-refractivity contribution in [1.82, 2.24) is 4.98 Å². The van der Waals surface area contributed by atoms with Gasteiger partial charge < -0.3 is 10.0 Å². The van der Waals surface area contributed by atoms with Crippen molar-refractivity contribution in [2.75, 3.05) is 11.9 Å². The molecule has 0 saturated carbocycles. The molecule has 1 N–H and O–H groups in total. The average Bonchev–Trinajstić information content (AvgIpc) is 2.40. The molecule has 0 saturated heterocycles. The molecule has 0 atom stereocenters. The molecule has 0 amide bonds. The summed E-state index contributed by atoms with van der Waals surface area (Å²) in [5.74, 6) is 1.03. The van der Waals surface area contributed by atoms with Crippen LogP contribution < -0.4 is 4.90 Å². The van der Waals surface area contributed by atoms with Crippen LogP contribution in [0.2, 0.25) is 0 Å². The van der Waals surface area contributed by atoms with Crippen molar-refractivity contribution in [1.29, 1.82) is 0 Å². The molecular weight excluding hydrogens is 224 g/mol. The van der Waals surface area contributed by atoms with Crippen LogP contribution in [-0.2, 0) is 6.54 Å².